The third-order valence-electron chi connectivity index (χ3n) is 16.1. The number of hydrogen-bond acceptors (Lipinski definition) is 7. The maximum Gasteiger partial charge on any atom is 0.472 e. The molecule has 0 saturated carbocycles. The Morgan fingerprint density at radius 1 is 0.386 bits per heavy atom. The molecular formula is C73H139NO8P+. The van der Waals surface area contributed by atoms with E-state index in [2.05, 4.69) is 62.5 Å². The van der Waals surface area contributed by atoms with Crippen molar-refractivity contribution in [3.8, 4) is 0 Å². The zero-order valence-electron chi connectivity index (χ0n) is 55.7. The first kappa shape index (κ1) is 81.0. The summed E-state index contributed by atoms with van der Waals surface area (Å²) in [6.07, 6.45) is 83.7. The smallest absolute Gasteiger partial charge is 0.462 e. The molecule has 0 rings (SSSR count). The fourth-order valence-electron chi connectivity index (χ4n) is 10.7. The first-order chi connectivity index (χ1) is 40.5. The number of carbonyl (C=O) groups is 2. The lowest BCUT2D eigenvalue weighted by atomic mass is 10.0. The van der Waals surface area contributed by atoms with E-state index in [1.54, 1.807) is 0 Å². The van der Waals surface area contributed by atoms with Crippen molar-refractivity contribution in [2.24, 2.45) is 0 Å². The molecule has 0 aliphatic carbocycles. The van der Waals surface area contributed by atoms with E-state index in [0.29, 0.717) is 23.9 Å². The fraction of sp³-hybridized carbons (Fsp3) is 0.863. The van der Waals surface area contributed by atoms with Gasteiger partial charge < -0.3 is 18.9 Å². The SMILES string of the molecule is CC/C=C\C/C=C\C/C=C\C/C=C\CCCCCCCCCCCCCCCCCCCCCCC(=O)OC(COC(=O)CCCCCCCCCCCCCCCCCCCCCCCCCCCC)COP(=O)(O)OCC[N+](C)(C)C. The van der Waals surface area contributed by atoms with E-state index < -0.39 is 26.5 Å². The Hall–Kier alpha value is -2.03. The Balaban J connectivity index is 3.97. The third-order valence-corrected chi connectivity index (χ3v) is 17.1. The standard InChI is InChI=1S/C73H138NO8P/c1-6-8-10-12-14-16-18-20-22-24-26-28-30-32-34-35-36-37-38-39-40-42-44-46-48-50-52-54-56-58-60-62-64-66-73(76)82-71(70-81-83(77,78)80-68-67-74(3,4)5)69-79-72(75)65-63-61-59-57-55-53-51-49-47-45-43-41-33-31-29-27-25-23-21-19-17-15-13-11-9-7-2/h8,10,14,16,20,22,26,28,71H,6-7,9,11-13,15,17-19,21,23-25,27,29-70H2,1-5H3/p+1/b10-8-,16-14-,22-20-,28-26-. The van der Waals surface area contributed by atoms with Gasteiger partial charge in [0.2, 0.25) is 0 Å². The van der Waals surface area contributed by atoms with Crippen molar-refractivity contribution in [2.75, 3.05) is 47.5 Å². The molecular weight excluding hydrogens is 1050 g/mol. The van der Waals surface area contributed by atoms with Crippen LogP contribution >= 0.6 is 7.82 Å². The number of phosphoric ester groups is 1. The summed E-state index contributed by atoms with van der Waals surface area (Å²) >= 11 is 0. The summed E-state index contributed by atoms with van der Waals surface area (Å²) in [6, 6.07) is 0. The van der Waals surface area contributed by atoms with Crippen LogP contribution < -0.4 is 0 Å². The van der Waals surface area contributed by atoms with Crippen molar-refractivity contribution < 1.29 is 42.1 Å². The number of esters is 2. The van der Waals surface area contributed by atoms with Gasteiger partial charge in [0.25, 0.3) is 0 Å². The number of ether oxygens (including phenoxy) is 2. The van der Waals surface area contributed by atoms with Crippen LogP contribution in [-0.2, 0) is 32.7 Å². The Labute approximate surface area is 515 Å². The lowest BCUT2D eigenvalue weighted by Gasteiger charge is -2.24. The van der Waals surface area contributed by atoms with E-state index in [1.807, 2.05) is 21.1 Å². The van der Waals surface area contributed by atoms with Crippen LogP contribution in [0.2, 0.25) is 0 Å². The second kappa shape index (κ2) is 64.4. The zero-order valence-corrected chi connectivity index (χ0v) is 56.6. The van der Waals surface area contributed by atoms with E-state index in [1.165, 1.54) is 263 Å². The zero-order chi connectivity index (χ0) is 60.5. The maximum atomic E-state index is 12.9. The number of nitrogens with zero attached hydrogens (tertiary/aromatic N) is 1. The van der Waals surface area contributed by atoms with Gasteiger partial charge in [0.05, 0.1) is 27.7 Å². The molecule has 0 aliphatic rings. The molecule has 0 spiro atoms. The molecule has 9 nitrogen and oxygen atoms in total. The van der Waals surface area contributed by atoms with Crippen LogP contribution in [-0.4, -0.2) is 74.9 Å². The number of quaternary nitrogens is 1. The van der Waals surface area contributed by atoms with E-state index in [-0.39, 0.29) is 25.6 Å². The normalized spacial score (nSPS) is 13.4. The number of allylic oxidation sites excluding steroid dienone is 8. The summed E-state index contributed by atoms with van der Waals surface area (Å²) in [7, 11) is 1.50. The number of hydrogen-bond donors (Lipinski definition) is 1. The summed E-state index contributed by atoms with van der Waals surface area (Å²) < 4.78 is 34.8. The molecule has 83 heavy (non-hydrogen) atoms. The van der Waals surface area contributed by atoms with E-state index in [9.17, 15) is 19.0 Å². The molecule has 0 aliphatic heterocycles. The molecule has 2 atom stereocenters. The second-order valence-corrected chi connectivity index (χ2v) is 27.1. The van der Waals surface area contributed by atoms with Crippen molar-refractivity contribution in [3.63, 3.8) is 0 Å². The van der Waals surface area contributed by atoms with Gasteiger partial charge in [-0.3, -0.25) is 18.6 Å². The molecule has 1 N–H and O–H groups in total. The molecule has 0 amide bonds. The average Bonchev–Trinajstić information content (AvgIpc) is 3.48. The van der Waals surface area contributed by atoms with E-state index >= 15 is 0 Å². The predicted molar refractivity (Wildman–Crippen MR) is 358 cm³/mol. The minimum atomic E-state index is -4.39. The van der Waals surface area contributed by atoms with Gasteiger partial charge in [-0.2, -0.15) is 0 Å². The summed E-state index contributed by atoms with van der Waals surface area (Å²) in [5.74, 6) is -0.775. The van der Waals surface area contributed by atoms with Gasteiger partial charge in [0, 0.05) is 12.8 Å². The van der Waals surface area contributed by atoms with Gasteiger partial charge in [0.15, 0.2) is 6.10 Å². The quantitative estimate of drug-likeness (QED) is 0.0211. The van der Waals surface area contributed by atoms with Gasteiger partial charge >= 0.3 is 19.8 Å². The lowest BCUT2D eigenvalue weighted by molar-refractivity contribution is -0.870. The molecule has 0 aromatic carbocycles. The fourth-order valence-corrected chi connectivity index (χ4v) is 11.4. The summed E-state index contributed by atoms with van der Waals surface area (Å²) in [6.45, 7) is 4.39. The highest BCUT2D eigenvalue weighted by Crippen LogP contribution is 2.43. The number of likely N-dealkylation sites (N-methyl/N-ethyl adjacent to an activating group) is 1. The Morgan fingerprint density at radius 3 is 1.02 bits per heavy atom. The Kier molecular flexibility index (Phi) is 62.9. The maximum absolute atomic E-state index is 12.9. The van der Waals surface area contributed by atoms with Crippen molar-refractivity contribution in [3.05, 3.63) is 48.6 Å². The molecule has 0 aromatic heterocycles. The first-order valence-corrected chi connectivity index (χ1v) is 37.4. The van der Waals surface area contributed by atoms with Crippen LogP contribution in [0.1, 0.15) is 354 Å². The van der Waals surface area contributed by atoms with Crippen LogP contribution in [0.3, 0.4) is 0 Å². The summed E-state index contributed by atoms with van der Waals surface area (Å²) in [4.78, 5) is 35.9. The van der Waals surface area contributed by atoms with Crippen LogP contribution in [0.5, 0.6) is 0 Å². The van der Waals surface area contributed by atoms with Gasteiger partial charge in [-0.15, -0.1) is 0 Å². The van der Waals surface area contributed by atoms with Gasteiger partial charge in [-0.25, -0.2) is 4.57 Å². The predicted octanol–water partition coefficient (Wildman–Crippen LogP) is 23.2. The van der Waals surface area contributed by atoms with Gasteiger partial charge in [-0.05, 0) is 51.4 Å². The van der Waals surface area contributed by atoms with Crippen molar-refractivity contribution in [2.45, 2.75) is 360 Å². The summed E-state index contributed by atoms with van der Waals surface area (Å²) in [5.41, 5.74) is 0. The minimum absolute atomic E-state index is 0.0346. The number of phosphoric acid groups is 1. The molecule has 0 aromatic rings. The van der Waals surface area contributed by atoms with Crippen molar-refractivity contribution in [1.29, 1.82) is 0 Å². The molecule has 0 saturated heterocycles. The minimum Gasteiger partial charge on any atom is -0.462 e. The molecule has 2 unspecified atom stereocenters. The average molecular weight is 1190 g/mol. The van der Waals surface area contributed by atoms with E-state index in [4.69, 9.17) is 18.5 Å². The second-order valence-electron chi connectivity index (χ2n) is 25.6. The number of rotatable bonds is 67. The highest BCUT2D eigenvalue weighted by atomic mass is 31.2. The molecule has 0 radical (unpaired) electrons. The highest BCUT2D eigenvalue weighted by Gasteiger charge is 2.27. The topological polar surface area (TPSA) is 108 Å². The van der Waals surface area contributed by atoms with Crippen molar-refractivity contribution in [1.82, 2.24) is 0 Å². The lowest BCUT2D eigenvalue weighted by Crippen LogP contribution is -2.37. The van der Waals surface area contributed by atoms with Gasteiger partial charge in [-0.1, -0.05) is 339 Å². The van der Waals surface area contributed by atoms with Crippen molar-refractivity contribution >= 4 is 19.8 Å². The Morgan fingerprint density at radius 2 is 0.687 bits per heavy atom. The third kappa shape index (κ3) is 68.9. The summed E-state index contributed by atoms with van der Waals surface area (Å²) in [5, 5.41) is 0. The molecule has 0 heterocycles. The van der Waals surface area contributed by atoms with Crippen LogP contribution in [0.15, 0.2) is 48.6 Å². The van der Waals surface area contributed by atoms with Gasteiger partial charge in [0.1, 0.15) is 19.8 Å². The largest absolute Gasteiger partial charge is 0.472 e. The van der Waals surface area contributed by atoms with Crippen LogP contribution in [0.25, 0.3) is 0 Å². The molecule has 488 valence electrons. The highest BCUT2D eigenvalue weighted by molar-refractivity contribution is 7.47. The molecule has 0 fully saturated rings. The van der Waals surface area contributed by atoms with Crippen LogP contribution in [0, 0.1) is 0 Å². The number of carbonyl (C=O) groups excluding carboxylic acids is 2. The monoisotopic (exact) mass is 1190 g/mol. The van der Waals surface area contributed by atoms with E-state index in [0.717, 1.165) is 57.8 Å². The Bertz CT molecular complexity index is 1540. The number of unbranched alkanes of at least 4 members (excludes halogenated alkanes) is 45. The first-order valence-electron chi connectivity index (χ1n) is 35.9. The van der Waals surface area contributed by atoms with Crippen LogP contribution in [0.4, 0.5) is 0 Å². The molecule has 0 bridgehead atoms. The molecule has 10 heteroatoms.